The fraction of sp³-hybridized carbons (Fsp3) is 0.200. The second kappa shape index (κ2) is 3.39. The van der Waals surface area contributed by atoms with Gasteiger partial charge in [-0.3, -0.25) is 0 Å². The molecule has 0 fully saturated rings. The Morgan fingerprint density at radius 2 is 2.00 bits per heavy atom. The van der Waals surface area contributed by atoms with Gasteiger partial charge >= 0.3 is 0 Å². The van der Waals surface area contributed by atoms with Gasteiger partial charge in [0.25, 0.3) is 0 Å². The van der Waals surface area contributed by atoms with E-state index in [9.17, 15) is 0 Å². The molecular formula is C10H13N3. The van der Waals surface area contributed by atoms with Crippen LogP contribution >= 0.6 is 0 Å². The third kappa shape index (κ3) is 1.75. The summed E-state index contributed by atoms with van der Waals surface area (Å²) >= 11 is 0. The van der Waals surface area contributed by atoms with Crippen molar-refractivity contribution in [2.75, 3.05) is 6.54 Å². The van der Waals surface area contributed by atoms with E-state index in [0.717, 1.165) is 6.54 Å². The Hall–Kier alpha value is -1.64. The first-order valence-corrected chi connectivity index (χ1v) is 4.37. The van der Waals surface area contributed by atoms with Crippen LogP contribution in [0.15, 0.2) is 42.4 Å². The van der Waals surface area contributed by atoms with Crippen molar-refractivity contribution >= 4 is 0 Å². The first-order valence-electron chi connectivity index (χ1n) is 4.37. The molecule has 68 valence electrons. The number of hydrogen-bond acceptors (Lipinski definition) is 3. The molecule has 0 amide bonds. The summed E-state index contributed by atoms with van der Waals surface area (Å²) < 4.78 is 0. The summed E-state index contributed by atoms with van der Waals surface area (Å²) in [7, 11) is 0. The van der Waals surface area contributed by atoms with Crippen molar-refractivity contribution in [1.29, 1.82) is 0 Å². The van der Waals surface area contributed by atoms with Crippen LogP contribution in [0.25, 0.3) is 0 Å². The highest BCUT2D eigenvalue weighted by molar-refractivity contribution is 5.21. The molecule has 1 heterocycles. The minimum Gasteiger partial charge on any atom is -0.386 e. The predicted octanol–water partition coefficient (Wildman–Crippen LogP) is 0.678. The van der Waals surface area contributed by atoms with Crippen LogP contribution in [-0.2, 0) is 0 Å². The van der Waals surface area contributed by atoms with Crippen LogP contribution in [-0.4, -0.2) is 6.54 Å². The van der Waals surface area contributed by atoms with E-state index in [-0.39, 0.29) is 6.04 Å². The molecule has 1 aromatic carbocycles. The standard InChI is InChI=1S/C10H13N3/c11-10-7-12-6-9(13-10)8-4-2-1-3-5-8/h1-5,7,9,12-13H,6,11H2. The van der Waals surface area contributed by atoms with Gasteiger partial charge in [-0.05, 0) is 5.56 Å². The van der Waals surface area contributed by atoms with Crippen molar-refractivity contribution in [2.45, 2.75) is 6.04 Å². The predicted molar refractivity (Wildman–Crippen MR) is 52.6 cm³/mol. The number of nitrogens with one attached hydrogen (secondary N) is 2. The van der Waals surface area contributed by atoms with E-state index >= 15 is 0 Å². The minimum atomic E-state index is 0.284. The van der Waals surface area contributed by atoms with E-state index in [1.807, 2.05) is 18.2 Å². The SMILES string of the molecule is NC1=CNCC(c2ccccc2)N1. The van der Waals surface area contributed by atoms with Gasteiger partial charge in [-0.25, -0.2) is 0 Å². The van der Waals surface area contributed by atoms with Gasteiger partial charge in [-0.15, -0.1) is 0 Å². The van der Waals surface area contributed by atoms with Crippen molar-refractivity contribution in [3.63, 3.8) is 0 Å². The molecule has 1 aliphatic heterocycles. The third-order valence-corrected chi connectivity index (χ3v) is 2.12. The molecule has 0 bridgehead atoms. The molecule has 1 aliphatic rings. The van der Waals surface area contributed by atoms with E-state index in [1.54, 1.807) is 6.20 Å². The van der Waals surface area contributed by atoms with E-state index < -0.39 is 0 Å². The van der Waals surface area contributed by atoms with Gasteiger partial charge in [-0.2, -0.15) is 0 Å². The molecule has 0 saturated heterocycles. The zero-order chi connectivity index (χ0) is 9.10. The Morgan fingerprint density at radius 3 is 2.69 bits per heavy atom. The lowest BCUT2D eigenvalue weighted by molar-refractivity contribution is 0.533. The molecule has 0 aromatic heterocycles. The summed E-state index contributed by atoms with van der Waals surface area (Å²) in [6.07, 6.45) is 1.79. The zero-order valence-corrected chi connectivity index (χ0v) is 7.33. The van der Waals surface area contributed by atoms with Crippen molar-refractivity contribution in [2.24, 2.45) is 5.73 Å². The van der Waals surface area contributed by atoms with Crippen LogP contribution in [0.5, 0.6) is 0 Å². The van der Waals surface area contributed by atoms with Crippen molar-refractivity contribution in [3.05, 3.63) is 47.9 Å². The number of hydrogen-bond donors (Lipinski definition) is 3. The maximum absolute atomic E-state index is 5.65. The smallest absolute Gasteiger partial charge is 0.113 e. The van der Waals surface area contributed by atoms with Gasteiger partial charge in [0.1, 0.15) is 5.82 Å². The molecule has 13 heavy (non-hydrogen) atoms. The Bertz CT molecular complexity index is 305. The summed E-state index contributed by atoms with van der Waals surface area (Å²) in [5, 5.41) is 6.34. The average Bonchev–Trinajstić information content (AvgIpc) is 2.19. The molecule has 1 unspecified atom stereocenters. The monoisotopic (exact) mass is 175 g/mol. The van der Waals surface area contributed by atoms with E-state index in [0.29, 0.717) is 5.82 Å². The van der Waals surface area contributed by atoms with Crippen molar-refractivity contribution in [3.8, 4) is 0 Å². The molecule has 0 spiro atoms. The maximum Gasteiger partial charge on any atom is 0.113 e. The molecule has 0 radical (unpaired) electrons. The highest BCUT2D eigenvalue weighted by Gasteiger charge is 2.13. The van der Waals surface area contributed by atoms with Gasteiger partial charge in [0.05, 0.1) is 6.04 Å². The highest BCUT2D eigenvalue weighted by atomic mass is 15.1. The molecule has 1 aromatic rings. The Balaban J connectivity index is 2.15. The topological polar surface area (TPSA) is 50.1 Å². The Morgan fingerprint density at radius 1 is 1.23 bits per heavy atom. The van der Waals surface area contributed by atoms with Gasteiger partial charge in [0, 0.05) is 12.7 Å². The minimum absolute atomic E-state index is 0.284. The molecule has 2 rings (SSSR count). The zero-order valence-electron chi connectivity index (χ0n) is 7.33. The lowest BCUT2D eigenvalue weighted by atomic mass is 10.1. The van der Waals surface area contributed by atoms with Crippen molar-refractivity contribution in [1.82, 2.24) is 10.6 Å². The molecule has 1 atom stereocenters. The van der Waals surface area contributed by atoms with Gasteiger partial charge in [-0.1, -0.05) is 30.3 Å². The third-order valence-electron chi connectivity index (χ3n) is 2.12. The van der Waals surface area contributed by atoms with Crippen LogP contribution in [0.2, 0.25) is 0 Å². The Kier molecular flexibility index (Phi) is 2.08. The first-order chi connectivity index (χ1) is 6.36. The fourth-order valence-corrected chi connectivity index (χ4v) is 1.47. The summed E-state index contributed by atoms with van der Waals surface area (Å²) in [6, 6.07) is 10.6. The summed E-state index contributed by atoms with van der Waals surface area (Å²) in [5.41, 5.74) is 6.91. The number of rotatable bonds is 1. The lowest BCUT2D eigenvalue weighted by Gasteiger charge is -2.24. The summed E-state index contributed by atoms with van der Waals surface area (Å²) in [4.78, 5) is 0. The van der Waals surface area contributed by atoms with E-state index in [1.165, 1.54) is 5.56 Å². The summed E-state index contributed by atoms with van der Waals surface area (Å²) in [5.74, 6) is 0.695. The fourth-order valence-electron chi connectivity index (χ4n) is 1.47. The van der Waals surface area contributed by atoms with Gasteiger partial charge in [0.15, 0.2) is 0 Å². The highest BCUT2D eigenvalue weighted by Crippen LogP contribution is 2.13. The second-order valence-corrected chi connectivity index (χ2v) is 3.12. The molecule has 3 heteroatoms. The molecule has 3 nitrogen and oxygen atoms in total. The van der Waals surface area contributed by atoms with E-state index in [4.69, 9.17) is 5.73 Å². The van der Waals surface area contributed by atoms with Crippen LogP contribution in [0.1, 0.15) is 11.6 Å². The van der Waals surface area contributed by atoms with Crippen LogP contribution in [0.3, 0.4) is 0 Å². The molecule has 4 N–H and O–H groups in total. The van der Waals surface area contributed by atoms with Crippen LogP contribution < -0.4 is 16.4 Å². The van der Waals surface area contributed by atoms with Gasteiger partial charge < -0.3 is 16.4 Å². The summed E-state index contributed by atoms with van der Waals surface area (Å²) in [6.45, 7) is 0.880. The largest absolute Gasteiger partial charge is 0.386 e. The number of benzene rings is 1. The second-order valence-electron chi connectivity index (χ2n) is 3.12. The van der Waals surface area contributed by atoms with Crippen LogP contribution in [0.4, 0.5) is 0 Å². The first kappa shape index (κ1) is 7.98. The Labute approximate surface area is 77.6 Å². The quantitative estimate of drug-likeness (QED) is 0.588. The molecular weight excluding hydrogens is 162 g/mol. The van der Waals surface area contributed by atoms with Gasteiger partial charge in [0.2, 0.25) is 0 Å². The van der Waals surface area contributed by atoms with Crippen LogP contribution in [0, 0.1) is 0 Å². The normalized spacial score (nSPS) is 21.2. The molecule has 0 aliphatic carbocycles. The maximum atomic E-state index is 5.65. The number of nitrogens with two attached hydrogens (primary N) is 1. The van der Waals surface area contributed by atoms with E-state index in [2.05, 4.69) is 22.8 Å². The molecule has 0 saturated carbocycles. The van der Waals surface area contributed by atoms with Crippen molar-refractivity contribution < 1.29 is 0 Å². The lowest BCUT2D eigenvalue weighted by Crippen LogP contribution is -2.37. The average molecular weight is 175 g/mol.